The van der Waals surface area contributed by atoms with Crippen LogP contribution in [-0.4, -0.2) is 28.0 Å². The van der Waals surface area contributed by atoms with E-state index >= 15 is 0 Å². The molecule has 1 aromatic heterocycles. The highest BCUT2D eigenvalue weighted by molar-refractivity contribution is 5.22. The van der Waals surface area contributed by atoms with Gasteiger partial charge < -0.3 is 5.73 Å². The van der Waals surface area contributed by atoms with E-state index in [2.05, 4.69) is 28.8 Å². The van der Waals surface area contributed by atoms with E-state index in [1.54, 1.807) is 12.4 Å². The van der Waals surface area contributed by atoms with Crippen LogP contribution in [0.15, 0.2) is 12.4 Å². The highest BCUT2D eigenvalue weighted by atomic mass is 15.1. The van der Waals surface area contributed by atoms with Crippen molar-refractivity contribution >= 4 is 5.82 Å². The maximum absolute atomic E-state index is 5.53. The summed E-state index contributed by atoms with van der Waals surface area (Å²) < 4.78 is 0. The first kappa shape index (κ1) is 12.3. The smallest absolute Gasteiger partial charge is 0.141 e. The number of hydrogen-bond acceptors (Lipinski definition) is 4. The van der Waals surface area contributed by atoms with Gasteiger partial charge in [0.1, 0.15) is 5.82 Å². The highest BCUT2D eigenvalue weighted by Crippen LogP contribution is 2.27. The Kier molecular flexibility index (Phi) is 3.94. The van der Waals surface area contributed by atoms with E-state index in [1.165, 1.54) is 25.7 Å². The predicted octanol–water partition coefficient (Wildman–Crippen LogP) is 2.07. The van der Waals surface area contributed by atoms with Crippen molar-refractivity contribution in [2.45, 2.75) is 45.2 Å². The molecule has 1 fully saturated rings. The minimum Gasteiger partial charge on any atom is -0.382 e. The molecular weight excluding hydrogens is 212 g/mol. The van der Waals surface area contributed by atoms with Crippen LogP contribution in [0.1, 0.15) is 38.3 Å². The van der Waals surface area contributed by atoms with E-state index in [0.717, 1.165) is 18.2 Å². The van der Waals surface area contributed by atoms with Crippen molar-refractivity contribution in [3.63, 3.8) is 0 Å². The molecule has 2 N–H and O–H groups in total. The van der Waals surface area contributed by atoms with Crippen LogP contribution in [0.3, 0.4) is 0 Å². The molecule has 0 radical (unpaired) electrons. The lowest BCUT2D eigenvalue weighted by Gasteiger charge is -2.33. The fourth-order valence-electron chi connectivity index (χ4n) is 2.63. The van der Waals surface area contributed by atoms with Gasteiger partial charge >= 0.3 is 0 Å². The molecule has 0 aliphatic heterocycles. The Hall–Kier alpha value is -1.16. The summed E-state index contributed by atoms with van der Waals surface area (Å²) in [6.07, 6.45) is 8.75. The number of nitrogens with zero attached hydrogens (tertiary/aromatic N) is 3. The van der Waals surface area contributed by atoms with Crippen molar-refractivity contribution in [2.75, 3.05) is 12.8 Å². The zero-order chi connectivity index (χ0) is 12.3. The molecule has 94 valence electrons. The van der Waals surface area contributed by atoms with Crippen LogP contribution in [0.5, 0.6) is 0 Å². The summed E-state index contributed by atoms with van der Waals surface area (Å²) in [5, 5.41) is 0. The third-order valence-electron chi connectivity index (χ3n) is 3.67. The monoisotopic (exact) mass is 234 g/mol. The minimum absolute atomic E-state index is 0.489. The summed E-state index contributed by atoms with van der Waals surface area (Å²) in [7, 11) is 2.18. The second-order valence-electron chi connectivity index (χ2n) is 5.27. The van der Waals surface area contributed by atoms with Crippen molar-refractivity contribution in [2.24, 2.45) is 5.92 Å². The van der Waals surface area contributed by atoms with Gasteiger partial charge in [0.25, 0.3) is 0 Å². The lowest BCUT2D eigenvalue weighted by atomic mass is 9.86. The summed E-state index contributed by atoms with van der Waals surface area (Å²) in [6.45, 7) is 3.22. The van der Waals surface area contributed by atoms with Crippen LogP contribution < -0.4 is 5.73 Å². The van der Waals surface area contributed by atoms with Crippen molar-refractivity contribution < 1.29 is 0 Å². The van der Waals surface area contributed by atoms with Gasteiger partial charge in [0.2, 0.25) is 0 Å². The van der Waals surface area contributed by atoms with Crippen LogP contribution in [-0.2, 0) is 6.54 Å². The summed E-state index contributed by atoms with van der Waals surface area (Å²) in [6, 6.07) is 0.693. The summed E-state index contributed by atoms with van der Waals surface area (Å²) in [4.78, 5) is 10.8. The molecule has 1 aromatic rings. The third-order valence-corrected chi connectivity index (χ3v) is 3.67. The first-order chi connectivity index (χ1) is 8.15. The van der Waals surface area contributed by atoms with E-state index in [-0.39, 0.29) is 0 Å². The highest BCUT2D eigenvalue weighted by Gasteiger charge is 2.22. The molecular formula is C13H22N4. The molecule has 2 rings (SSSR count). The van der Waals surface area contributed by atoms with Gasteiger partial charge in [-0.25, -0.2) is 4.98 Å². The summed E-state index contributed by atoms with van der Waals surface area (Å²) >= 11 is 0. The molecule has 4 heteroatoms. The van der Waals surface area contributed by atoms with Gasteiger partial charge in [0, 0.05) is 12.6 Å². The van der Waals surface area contributed by atoms with Gasteiger partial charge in [0.15, 0.2) is 0 Å². The van der Waals surface area contributed by atoms with Crippen LogP contribution in [0.4, 0.5) is 5.82 Å². The SMILES string of the molecule is CC1CCCC(N(C)Cc2cnc(N)cn2)C1. The Morgan fingerprint density at radius 3 is 2.82 bits per heavy atom. The number of anilines is 1. The summed E-state index contributed by atoms with van der Waals surface area (Å²) in [5.41, 5.74) is 6.53. The number of hydrogen-bond donors (Lipinski definition) is 1. The topological polar surface area (TPSA) is 55.0 Å². The molecule has 4 nitrogen and oxygen atoms in total. The molecule has 1 aliphatic rings. The largest absolute Gasteiger partial charge is 0.382 e. The van der Waals surface area contributed by atoms with Crippen molar-refractivity contribution in [3.05, 3.63) is 18.1 Å². The maximum atomic E-state index is 5.53. The fourth-order valence-corrected chi connectivity index (χ4v) is 2.63. The van der Waals surface area contributed by atoms with Crippen molar-refractivity contribution in [1.82, 2.24) is 14.9 Å². The van der Waals surface area contributed by atoms with Crippen molar-refractivity contribution in [3.8, 4) is 0 Å². The van der Waals surface area contributed by atoms with Gasteiger partial charge in [-0.1, -0.05) is 19.8 Å². The molecule has 17 heavy (non-hydrogen) atoms. The van der Waals surface area contributed by atoms with Crippen LogP contribution in [0.25, 0.3) is 0 Å². The lowest BCUT2D eigenvalue weighted by Crippen LogP contribution is -2.35. The van der Waals surface area contributed by atoms with E-state index < -0.39 is 0 Å². The number of aromatic nitrogens is 2. The fraction of sp³-hybridized carbons (Fsp3) is 0.692. The Labute approximate surface area is 103 Å². The standard InChI is InChI=1S/C13H22N4/c1-10-4-3-5-12(6-10)17(2)9-11-7-16-13(14)8-15-11/h7-8,10,12H,3-6,9H2,1-2H3,(H2,14,16). The Morgan fingerprint density at radius 2 is 2.18 bits per heavy atom. The van der Waals surface area contributed by atoms with Crippen LogP contribution >= 0.6 is 0 Å². The zero-order valence-electron chi connectivity index (χ0n) is 10.8. The molecule has 0 bridgehead atoms. The van der Waals surface area contributed by atoms with E-state index in [1.807, 2.05) is 0 Å². The maximum Gasteiger partial charge on any atom is 0.141 e. The molecule has 0 saturated heterocycles. The van der Waals surface area contributed by atoms with E-state index in [0.29, 0.717) is 11.9 Å². The molecule has 1 heterocycles. The number of nitrogens with two attached hydrogens (primary N) is 1. The Balaban J connectivity index is 1.91. The van der Waals surface area contributed by atoms with Crippen LogP contribution in [0.2, 0.25) is 0 Å². The average molecular weight is 234 g/mol. The van der Waals surface area contributed by atoms with Crippen molar-refractivity contribution in [1.29, 1.82) is 0 Å². The van der Waals surface area contributed by atoms with Gasteiger partial charge in [-0.3, -0.25) is 9.88 Å². The third kappa shape index (κ3) is 3.40. The second-order valence-corrected chi connectivity index (χ2v) is 5.27. The van der Waals surface area contributed by atoms with Gasteiger partial charge in [-0.05, 0) is 25.8 Å². The van der Waals surface area contributed by atoms with Crippen LogP contribution in [0, 0.1) is 5.92 Å². The van der Waals surface area contributed by atoms with E-state index in [9.17, 15) is 0 Å². The number of nitrogen functional groups attached to an aromatic ring is 1. The molecule has 0 aromatic carbocycles. The predicted molar refractivity (Wildman–Crippen MR) is 69.3 cm³/mol. The van der Waals surface area contributed by atoms with Gasteiger partial charge in [-0.15, -0.1) is 0 Å². The minimum atomic E-state index is 0.489. The number of rotatable bonds is 3. The molecule has 1 saturated carbocycles. The first-order valence-corrected chi connectivity index (χ1v) is 6.42. The average Bonchev–Trinajstić information content (AvgIpc) is 2.32. The molecule has 0 spiro atoms. The summed E-state index contributed by atoms with van der Waals surface area (Å²) in [5.74, 6) is 1.34. The van der Waals surface area contributed by atoms with E-state index in [4.69, 9.17) is 5.73 Å². The first-order valence-electron chi connectivity index (χ1n) is 6.42. The zero-order valence-corrected chi connectivity index (χ0v) is 10.8. The van der Waals surface area contributed by atoms with Gasteiger partial charge in [0.05, 0.1) is 18.1 Å². The molecule has 1 aliphatic carbocycles. The molecule has 0 amide bonds. The second kappa shape index (κ2) is 5.45. The Morgan fingerprint density at radius 1 is 1.35 bits per heavy atom. The quantitative estimate of drug-likeness (QED) is 0.870. The van der Waals surface area contributed by atoms with Gasteiger partial charge in [-0.2, -0.15) is 0 Å². The lowest BCUT2D eigenvalue weighted by molar-refractivity contribution is 0.156. The molecule has 2 unspecified atom stereocenters. The molecule has 2 atom stereocenters. The normalized spacial score (nSPS) is 25.1. The Bertz CT molecular complexity index is 349.